The molecule has 0 aliphatic carbocycles. The highest BCUT2D eigenvalue weighted by Crippen LogP contribution is 2.31. The van der Waals surface area contributed by atoms with Crippen LogP contribution in [0.5, 0.6) is 0 Å². The first-order valence-electron chi connectivity index (χ1n) is 8.44. The second-order valence-electron chi connectivity index (χ2n) is 6.24. The Morgan fingerprint density at radius 2 is 2.05 bits per heavy atom. The molecule has 2 saturated heterocycles. The molecule has 1 aromatic rings. The van der Waals surface area contributed by atoms with Gasteiger partial charge in [0.1, 0.15) is 0 Å². The lowest BCUT2D eigenvalue weighted by Gasteiger charge is -2.32. The lowest BCUT2D eigenvalue weighted by atomic mass is 10.1. The van der Waals surface area contributed by atoms with Crippen molar-refractivity contribution in [3.05, 3.63) is 10.6 Å². The summed E-state index contributed by atoms with van der Waals surface area (Å²) in [6, 6.07) is 0.757. The van der Waals surface area contributed by atoms with Gasteiger partial charge in [0.05, 0.1) is 5.69 Å². The summed E-state index contributed by atoms with van der Waals surface area (Å²) in [4.78, 5) is 11.5. The van der Waals surface area contributed by atoms with Gasteiger partial charge in [0.25, 0.3) is 0 Å². The summed E-state index contributed by atoms with van der Waals surface area (Å²) in [6.07, 6.45) is 6.55. The van der Waals surface area contributed by atoms with Gasteiger partial charge in [-0.05, 0) is 45.8 Å². The molecule has 2 fully saturated rings. The first-order valence-corrected chi connectivity index (χ1v) is 9.25. The molecule has 0 aromatic carbocycles. The quantitative estimate of drug-likeness (QED) is 0.905. The summed E-state index contributed by atoms with van der Waals surface area (Å²) < 4.78 is 0. The Bertz CT molecular complexity index is 453. The highest BCUT2D eigenvalue weighted by atomic mass is 32.1. The molecule has 0 amide bonds. The van der Waals surface area contributed by atoms with Crippen molar-refractivity contribution >= 4 is 16.5 Å². The van der Waals surface area contributed by atoms with Gasteiger partial charge in [-0.15, -0.1) is 11.3 Å². The van der Waals surface area contributed by atoms with E-state index in [0.29, 0.717) is 0 Å². The topological polar surface area (TPSA) is 31.4 Å². The number of hydrogen-bond acceptors (Lipinski definition) is 5. The van der Waals surface area contributed by atoms with Crippen molar-refractivity contribution in [2.75, 3.05) is 38.1 Å². The van der Waals surface area contributed by atoms with Gasteiger partial charge >= 0.3 is 0 Å². The molecular formula is C16H28N4S. The molecule has 1 N–H and O–H groups in total. The van der Waals surface area contributed by atoms with Crippen LogP contribution in [0.4, 0.5) is 5.13 Å². The number of likely N-dealkylation sites (tertiary alicyclic amines) is 1. The maximum atomic E-state index is 4.89. The Kier molecular flexibility index (Phi) is 5.14. The van der Waals surface area contributed by atoms with Crippen molar-refractivity contribution in [1.82, 2.24) is 15.2 Å². The predicted octanol–water partition coefficient (Wildman–Crippen LogP) is 2.49. The first-order chi connectivity index (χ1) is 10.3. The molecule has 1 unspecified atom stereocenters. The largest absolute Gasteiger partial charge is 0.346 e. The summed E-state index contributed by atoms with van der Waals surface area (Å²) in [5, 5.41) is 4.51. The summed E-state index contributed by atoms with van der Waals surface area (Å²) in [5.74, 6) is 0. The third-order valence-corrected chi connectivity index (χ3v) is 5.94. The molecule has 2 aliphatic rings. The monoisotopic (exact) mass is 308 g/mol. The number of thiazole rings is 1. The number of aryl methyl sites for hydroxylation is 1. The van der Waals surface area contributed by atoms with Crippen molar-refractivity contribution in [3.8, 4) is 0 Å². The highest BCUT2D eigenvalue weighted by molar-refractivity contribution is 7.15. The molecule has 1 atom stereocenters. The Labute approximate surface area is 132 Å². The molecule has 0 radical (unpaired) electrons. The van der Waals surface area contributed by atoms with Crippen molar-refractivity contribution in [3.63, 3.8) is 0 Å². The van der Waals surface area contributed by atoms with Crippen molar-refractivity contribution < 1.29 is 0 Å². The van der Waals surface area contributed by atoms with Gasteiger partial charge in [-0.25, -0.2) is 4.98 Å². The minimum absolute atomic E-state index is 0.757. The molecule has 118 valence electrons. The molecular weight excluding hydrogens is 280 g/mol. The summed E-state index contributed by atoms with van der Waals surface area (Å²) >= 11 is 1.89. The van der Waals surface area contributed by atoms with Crippen molar-refractivity contribution in [2.24, 2.45) is 0 Å². The molecule has 0 saturated carbocycles. The Morgan fingerprint density at radius 3 is 2.76 bits per heavy atom. The molecule has 3 heterocycles. The smallest absolute Gasteiger partial charge is 0.185 e. The second-order valence-corrected chi connectivity index (χ2v) is 7.30. The van der Waals surface area contributed by atoms with E-state index >= 15 is 0 Å². The van der Waals surface area contributed by atoms with E-state index in [-0.39, 0.29) is 0 Å². The summed E-state index contributed by atoms with van der Waals surface area (Å²) in [6.45, 7) is 8.12. The Morgan fingerprint density at radius 1 is 1.24 bits per heavy atom. The van der Waals surface area contributed by atoms with Crippen molar-refractivity contribution in [2.45, 2.75) is 51.6 Å². The molecule has 1 aromatic heterocycles. The van der Waals surface area contributed by atoms with E-state index in [1.54, 1.807) is 0 Å². The normalized spacial score (nSPS) is 23.9. The fraction of sp³-hybridized carbons (Fsp3) is 0.812. The maximum Gasteiger partial charge on any atom is 0.185 e. The molecule has 4 nitrogen and oxygen atoms in total. The molecule has 5 heteroatoms. The molecule has 21 heavy (non-hydrogen) atoms. The molecule has 2 aliphatic heterocycles. The van der Waals surface area contributed by atoms with E-state index in [9.17, 15) is 0 Å². The minimum Gasteiger partial charge on any atom is -0.346 e. The lowest BCUT2D eigenvalue weighted by molar-refractivity contribution is 0.175. The Balaban J connectivity index is 1.65. The zero-order chi connectivity index (χ0) is 14.7. The molecule has 3 rings (SSSR count). The van der Waals surface area contributed by atoms with Crippen LogP contribution >= 0.6 is 11.3 Å². The average molecular weight is 308 g/mol. The van der Waals surface area contributed by atoms with Crippen LogP contribution in [0.1, 0.15) is 43.2 Å². The van der Waals surface area contributed by atoms with Crippen molar-refractivity contribution in [1.29, 1.82) is 0 Å². The van der Waals surface area contributed by atoms with Crippen LogP contribution in [0, 0.1) is 0 Å². The number of nitrogens with zero attached hydrogens (tertiary/aromatic N) is 3. The fourth-order valence-electron chi connectivity index (χ4n) is 3.58. The zero-order valence-corrected chi connectivity index (χ0v) is 14.2. The third kappa shape index (κ3) is 3.41. The van der Waals surface area contributed by atoms with E-state index in [2.05, 4.69) is 22.0 Å². The number of piperidine rings is 1. The summed E-state index contributed by atoms with van der Waals surface area (Å²) in [7, 11) is 2.01. The van der Waals surface area contributed by atoms with Gasteiger partial charge in [-0.1, -0.05) is 13.3 Å². The van der Waals surface area contributed by atoms with Gasteiger partial charge in [0.15, 0.2) is 5.13 Å². The van der Waals surface area contributed by atoms with Crippen LogP contribution in [0.2, 0.25) is 0 Å². The standard InChI is InChI=1S/C16H28N4S/c1-3-14-15(11-17-2)21-16(18-14)20-10-7-13(12-20)19-8-5-4-6-9-19/h13,17H,3-12H2,1-2H3. The van der Waals surface area contributed by atoms with E-state index < -0.39 is 0 Å². The number of rotatable bonds is 5. The van der Waals surface area contributed by atoms with Crippen LogP contribution in [0.25, 0.3) is 0 Å². The van der Waals surface area contributed by atoms with Crippen LogP contribution in [-0.2, 0) is 13.0 Å². The number of anilines is 1. The average Bonchev–Trinajstić information content (AvgIpc) is 3.15. The number of hydrogen-bond donors (Lipinski definition) is 1. The predicted molar refractivity (Wildman–Crippen MR) is 90.3 cm³/mol. The maximum absolute atomic E-state index is 4.89. The van der Waals surface area contributed by atoms with Gasteiger partial charge < -0.3 is 10.2 Å². The number of aromatic nitrogens is 1. The lowest BCUT2D eigenvalue weighted by Crippen LogP contribution is -2.40. The second kappa shape index (κ2) is 7.07. The highest BCUT2D eigenvalue weighted by Gasteiger charge is 2.30. The van der Waals surface area contributed by atoms with Gasteiger partial charge in [-0.2, -0.15) is 0 Å². The van der Waals surface area contributed by atoms with Gasteiger partial charge in [0, 0.05) is 30.6 Å². The first kappa shape index (κ1) is 15.3. The van der Waals surface area contributed by atoms with E-state index in [4.69, 9.17) is 4.98 Å². The fourth-order valence-corrected chi connectivity index (χ4v) is 4.77. The van der Waals surface area contributed by atoms with Gasteiger partial charge in [-0.3, -0.25) is 4.90 Å². The van der Waals surface area contributed by atoms with E-state index in [1.807, 2.05) is 18.4 Å². The zero-order valence-electron chi connectivity index (χ0n) is 13.4. The van der Waals surface area contributed by atoms with E-state index in [1.165, 1.54) is 67.6 Å². The minimum atomic E-state index is 0.757. The van der Waals surface area contributed by atoms with Crippen LogP contribution in [0.3, 0.4) is 0 Å². The Hall–Kier alpha value is -0.650. The third-order valence-electron chi connectivity index (χ3n) is 4.78. The van der Waals surface area contributed by atoms with Crippen LogP contribution < -0.4 is 10.2 Å². The SMILES string of the molecule is CCc1nc(N2CCC(N3CCCCC3)C2)sc1CNC. The molecule has 0 bridgehead atoms. The van der Waals surface area contributed by atoms with E-state index in [0.717, 1.165) is 19.0 Å². The summed E-state index contributed by atoms with van der Waals surface area (Å²) in [5.41, 5.74) is 1.28. The number of nitrogens with one attached hydrogen (secondary N) is 1. The van der Waals surface area contributed by atoms with Crippen LogP contribution in [0.15, 0.2) is 0 Å². The molecule has 0 spiro atoms. The van der Waals surface area contributed by atoms with Gasteiger partial charge in [0.2, 0.25) is 0 Å². The van der Waals surface area contributed by atoms with Crippen LogP contribution in [-0.4, -0.2) is 49.2 Å².